The van der Waals surface area contributed by atoms with E-state index in [4.69, 9.17) is 5.11 Å². The van der Waals surface area contributed by atoms with E-state index in [1.807, 2.05) is 47.2 Å². The lowest BCUT2D eigenvalue weighted by molar-refractivity contribution is -0.136. The van der Waals surface area contributed by atoms with Crippen molar-refractivity contribution in [1.29, 1.82) is 0 Å². The molecule has 4 rings (SSSR count). The minimum atomic E-state index is -2.87. The zero-order valence-corrected chi connectivity index (χ0v) is 18.5. The van der Waals surface area contributed by atoms with Crippen LogP contribution in [-0.4, -0.2) is 27.2 Å². The minimum Gasteiger partial charge on any atom is -0.481 e. The van der Waals surface area contributed by atoms with Crippen LogP contribution in [-0.2, 0) is 24.1 Å². The number of aliphatic carboxylic acids is 1. The van der Waals surface area contributed by atoms with Crippen molar-refractivity contribution in [2.45, 2.75) is 32.3 Å². The Bertz CT molecular complexity index is 1210. The number of carbonyl (C=O) groups is 1. The molecule has 0 saturated carbocycles. The molecular weight excluding hydrogens is 450 g/mol. The summed E-state index contributed by atoms with van der Waals surface area (Å²) in [5, 5.41) is 10.1. The van der Waals surface area contributed by atoms with E-state index >= 15 is 0 Å². The molecule has 0 spiro atoms. The van der Waals surface area contributed by atoms with E-state index in [1.165, 1.54) is 12.1 Å². The Kier molecular flexibility index (Phi) is 8.01. The van der Waals surface area contributed by atoms with E-state index in [0.29, 0.717) is 6.42 Å². The highest BCUT2D eigenvalue weighted by atomic mass is 35.5. The number of hydrogen-bond acceptors (Lipinski definition) is 3. The quantitative estimate of drug-likeness (QED) is 0.332. The molecule has 2 heterocycles. The second-order valence-electron chi connectivity index (χ2n) is 7.46. The van der Waals surface area contributed by atoms with Gasteiger partial charge in [-0.15, -0.1) is 12.4 Å². The lowest BCUT2D eigenvalue weighted by Crippen LogP contribution is -2.02. The van der Waals surface area contributed by atoms with Crippen molar-refractivity contribution in [2.75, 3.05) is 0 Å². The number of benzene rings is 2. The van der Waals surface area contributed by atoms with E-state index in [2.05, 4.69) is 9.72 Å². The van der Waals surface area contributed by atoms with Gasteiger partial charge in [-0.2, -0.15) is 8.78 Å². The lowest BCUT2D eigenvalue weighted by Gasteiger charge is -2.08. The molecule has 8 heteroatoms. The maximum Gasteiger partial charge on any atom is 0.387 e. The summed E-state index contributed by atoms with van der Waals surface area (Å²) in [4.78, 5) is 15.4. The fourth-order valence-corrected chi connectivity index (χ4v) is 3.76. The standard InChI is InChI=1S/C25H22F2N2O3.ClH/c26-25(27)32-21-10-8-20(9-11-21)29-16-18(6-7-19-3-1-2-14-28-19)22-15-17(4-12-23(22)29)5-13-24(30)31;/h1-4,8-12,14-16,25H,5-7,13H2,(H,30,31);1H. The highest BCUT2D eigenvalue weighted by Crippen LogP contribution is 2.28. The Morgan fingerprint density at radius 1 is 1.03 bits per heavy atom. The van der Waals surface area contributed by atoms with Gasteiger partial charge in [-0.25, -0.2) is 0 Å². The van der Waals surface area contributed by atoms with Crippen LogP contribution in [0, 0.1) is 0 Å². The van der Waals surface area contributed by atoms with Gasteiger partial charge in [-0.3, -0.25) is 9.78 Å². The number of fused-ring (bicyclic) bond motifs is 1. The number of rotatable bonds is 9. The van der Waals surface area contributed by atoms with Crippen molar-refractivity contribution in [2.24, 2.45) is 0 Å². The third-order valence-corrected chi connectivity index (χ3v) is 5.30. The van der Waals surface area contributed by atoms with E-state index in [0.717, 1.165) is 46.3 Å². The molecule has 0 unspecified atom stereocenters. The molecule has 0 aliphatic rings. The highest BCUT2D eigenvalue weighted by Gasteiger charge is 2.13. The van der Waals surface area contributed by atoms with Crippen LogP contribution in [0.15, 0.2) is 73.1 Å². The maximum atomic E-state index is 12.5. The topological polar surface area (TPSA) is 64.3 Å². The van der Waals surface area contributed by atoms with Crippen molar-refractivity contribution < 1.29 is 23.4 Å². The van der Waals surface area contributed by atoms with Gasteiger partial charge in [0.1, 0.15) is 5.75 Å². The molecule has 0 fully saturated rings. The number of pyridine rings is 1. The predicted octanol–water partition coefficient (Wildman–Crippen LogP) is 5.85. The van der Waals surface area contributed by atoms with Crippen LogP contribution < -0.4 is 4.74 Å². The molecule has 33 heavy (non-hydrogen) atoms. The van der Waals surface area contributed by atoms with Crippen LogP contribution in [0.2, 0.25) is 0 Å². The largest absolute Gasteiger partial charge is 0.481 e. The van der Waals surface area contributed by atoms with E-state index < -0.39 is 12.6 Å². The second kappa shape index (κ2) is 10.9. The molecule has 0 aliphatic heterocycles. The van der Waals surface area contributed by atoms with E-state index in [9.17, 15) is 13.6 Å². The zero-order chi connectivity index (χ0) is 22.5. The van der Waals surface area contributed by atoms with Crippen molar-refractivity contribution >= 4 is 29.3 Å². The molecule has 5 nitrogen and oxygen atoms in total. The third-order valence-electron chi connectivity index (χ3n) is 5.30. The van der Waals surface area contributed by atoms with Crippen LogP contribution in [0.5, 0.6) is 5.75 Å². The molecule has 1 N–H and O–H groups in total. The van der Waals surface area contributed by atoms with Gasteiger partial charge in [0.25, 0.3) is 0 Å². The summed E-state index contributed by atoms with van der Waals surface area (Å²) in [6.07, 6.45) is 5.86. The first-order valence-corrected chi connectivity index (χ1v) is 10.3. The molecule has 0 aliphatic carbocycles. The van der Waals surface area contributed by atoms with E-state index in [-0.39, 0.29) is 24.6 Å². The van der Waals surface area contributed by atoms with Crippen molar-refractivity contribution in [3.63, 3.8) is 0 Å². The Hall–Kier alpha value is -3.45. The lowest BCUT2D eigenvalue weighted by atomic mass is 10.0. The Balaban J connectivity index is 0.00000306. The summed E-state index contributed by atoms with van der Waals surface area (Å²) in [5.74, 6) is -0.726. The normalized spacial score (nSPS) is 10.9. The summed E-state index contributed by atoms with van der Waals surface area (Å²) in [7, 11) is 0. The summed E-state index contributed by atoms with van der Waals surface area (Å²) in [6.45, 7) is -2.87. The highest BCUT2D eigenvalue weighted by molar-refractivity contribution is 5.86. The fourth-order valence-electron chi connectivity index (χ4n) is 3.76. The van der Waals surface area contributed by atoms with Crippen molar-refractivity contribution in [3.8, 4) is 11.4 Å². The fraction of sp³-hybridized carbons (Fsp3) is 0.200. The number of alkyl halides is 2. The summed E-state index contributed by atoms with van der Waals surface area (Å²) in [6, 6.07) is 18.3. The van der Waals surface area contributed by atoms with Crippen LogP contribution in [0.1, 0.15) is 23.2 Å². The molecule has 2 aromatic heterocycles. The second-order valence-corrected chi connectivity index (χ2v) is 7.46. The molecule has 0 bridgehead atoms. The number of halogens is 3. The number of hydrogen-bond donors (Lipinski definition) is 1. The molecule has 0 saturated heterocycles. The monoisotopic (exact) mass is 472 g/mol. The van der Waals surface area contributed by atoms with Crippen LogP contribution >= 0.6 is 12.4 Å². The first-order chi connectivity index (χ1) is 15.5. The van der Waals surface area contributed by atoms with Gasteiger partial charge < -0.3 is 14.4 Å². The molecule has 0 atom stereocenters. The van der Waals surface area contributed by atoms with Gasteiger partial charge in [-0.05, 0) is 78.9 Å². The smallest absolute Gasteiger partial charge is 0.387 e. The predicted molar refractivity (Wildman–Crippen MR) is 125 cm³/mol. The number of aryl methyl sites for hydroxylation is 3. The number of aromatic nitrogens is 2. The van der Waals surface area contributed by atoms with Crippen LogP contribution in [0.25, 0.3) is 16.6 Å². The summed E-state index contributed by atoms with van der Waals surface area (Å²) < 4.78 is 31.4. The summed E-state index contributed by atoms with van der Waals surface area (Å²) in [5.41, 5.74) is 4.83. The third kappa shape index (κ3) is 6.08. The van der Waals surface area contributed by atoms with Crippen LogP contribution in [0.4, 0.5) is 8.78 Å². The maximum absolute atomic E-state index is 12.5. The number of nitrogens with zero attached hydrogens (tertiary/aromatic N) is 2. The Morgan fingerprint density at radius 2 is 1.82 bits per heavy atom. The molecule has 0 radical (unpaired) electrons. The number of carboxylic acid groups (broad SMARTS) is 1. The average molecular weight is 473 g/mol. The van der Waals surface area contributed by atoms with Gasteiger partial charge in [0.2, 0.25) is 0 Å². The first-order valence-electron chi connectivity index (χ1n) is 10.3. The first kappa shape index (κ1) is 24.2. The van der Waals surface area contributed by atoms with Gasteiger partial charge in [0.15, 0.2) is 0 Å². The van der Waals surface area contributed by atoms with Gasteiger partial charge in [0.05, 0.1) is 5.52 Å². The molecule has 4 aromatic rings. The Morgan fingerprint density at radius 3 is 2.48 bits per heavy atom. The molecular formula is C25H23ClF2N2O3. The number of ether oxygens (including phenoxy) is 1. The van der Waals surface area contributed by atoms with Gasteiger partial charge in [0, 0.05) is 35.6 Å². The van der Waals surface area contributed by atoms with Crippen molar-refractivity contribution in [1.82, 2.24) is 9.55 Å². The minimum absolute atomic E-state index is 0. The average Bonchev–Trinajstić information content (AvgIpc) is 3.15. The van der Waals surface area contributed by atoms with E-state index in [1.54, 1.807) is 18.3 Å². The summed E-state index contributed by atoms with van der Waals surface area (Å²) >= 11 is 0. The van der Waals surface area contributed by atoms with Crippen LogP contribution in [0.3, 0.4) is 0 Å². The Labute approximate surface area is 196 Å². The van der Waals surface area contributed by atoms with Gasteiger partial charge in [-0.1, -0.05) is 12.1 Å². The SMILES string of the molecule is Cl.O=C(O)CCc1ccc2c(c1)c(CCc1ccccn1)cn2-c1ccc(OC(F)F)cc1. The van der Waals surface area contributed by atoms with Crippen molar-refractivity contribution in [3.05, 3.63) is 89.9 Å². The molecule has 172 valence electrons. The molecule has 2 aromatic carbocycles. The molecule has 0 amide bonds. The number of carboxylic acids is 1. The van der Waals surface area contributed by atoms with Gasteiger partial charge >= 0.3 is 12.6 Å². The zero-order valence-electron chi connectivity index (χ0n) is 17.7.